The molecule has 1 atom stereocenters. The number of amides is 1. The summed E-state index contributed by atoms with van der Waals surface area (Å²) in [4.78, 5) is 12.2. The highest BCUT2D eigenvalue weighted by Crippen LogP contribution is 2.28. The lowest BCUT2D eigenvalue weighted by Crippen LogP contribution is -2.42. The third-order valence-electron chi connectivity index (χ3n) is 2.27. The Morgan fingerprint density at radius 1 is 1.53 bits per heavy atom. The number of nitrogens with two attached hydrogens (primary N) is 1. The monoisotopic (exact) mass is 254 g/mol. The molecule has 1 rings (SSSR count). The van der Waals surface area contributed by atoms with Gasteiger partial charge in [-0.15, -0.1) is 11.8 Å². The molecule has 4 nitrogen and oxygen atoms in total. The van der Waals surface area contributed by atoms with E-state index < -0.39 is 0 Å². The van der Waals surface area contributed by atoms with Gasteiger partial charge < -0.3 is 15.8 Å². The van der Waals surface area contributed by atoms with Gasteiger partial charge in [0.2, 0.25) is 5.91 Å². The summed E-state index contributed by atoms with van der Waals surface area (Å²) in [5, 5.41) is 3.05. The number of nitrogens with one attached hydrogen (secondary N) is 1. The molecule has 0 bridgehead atoms. The van der Waals surface area contributed by atoms with Gasteiger partial charge in [0, 0.05) is 10.6 Å². The maximum Gasteiger partial charge on any atom is 0.235 e. The van der Waals surface area contributed by atoms with Crippen LogP contribution >= 0.6 is 11.8 Å². The number of primary amides is 1. The van der Waals surface area contributed by atoms with E-state index in [0.29, 0.717) is 5.75 Å². The third kappa shape index (κ3) is 4.28. The van der Waals surface area contributed by atoms with Gasteiger partial charge in [0.1, 0.15) is 5.75 Å². The fourth-order valence-electron chi connectivity index (χ4n) is 1.40. The van der Waals surface area contributed by atoms with Crippen LogP contribution in [0.5, 0.6) is 5.75 Å². The van der Waals surface area contributed by atoms with Crippen molar-refractivity contribution < 1.29 is 9.53 Å². The van der Waals surface area contributed by atoms with Crippen molar-refractivity contribution in [3.8, 4) is 5.75 Å². The van der Waals surface area contributed by atoms with Crippen molar-refractivity contribution >= 4 is 17.7 Å². The predicted molar refractivity (Wildman–Crippen MR) is 70.4 cm³/mol. The maximum absolute atomic E-state index is 11.2. The summed E-state index contributed by atoms with van der Waals surface area (Å²) < 4.78 is 5.24. The molecule has 17 heavy (non-hydrogen) atoms. The molecule has 0 aliphatic heterocycles. The normalized spacial score (nSPS) is 12.1. The van der Waals surface area contributed by atoms with Gasteiger partial charge in [-0.2, -0.15) is 0 Å². The van der Waals surface area contributed by atoms with Crippen LogP contribution in [-0.4, -0.2) is 31.4 Å². The smallest absolute Gasteiger partial charge is 0.235 e. The SMILES string of the molecule is CCNC(CSc1ccccc1OC)C(N)=O. The van der Waals surface area contributed by atoms with E-state index >= 15 is 0 Å². The van der Waals surface area contributed by atoms with Crippen molar-refractivity contribution in [1.29, 1.82) is 0 Å². The maximum atomic E-state index is 11.2. The van der Waals surface area contributed by atoms with Gasteiger partial charge in [-0.1, -0.05) is 19.1 Å². The lowest BCUT2D eigenvalue weighted by Gasteiger charge is -2.14. The van der Waals surface area contributed by atoms with Crippen molar-refractivity contribution in [2.75, 3.05) is 19.4 Å². The minimum Gasteiger partial charge on any atom is -0.496 e. The van der Waals surface area contributed by atoms with Crippen molar-refractivity contribution in [3.05, 3.63) is 24.3 Å². The summed E-state index contributed by atoms with van der Waals surface area (Å²) >= 11 is 1.56. The van der Waals surface area contributed by atoms with Crippen molar-refractivity contribution in [3.63, 3.8) is 0 Å². The van der Waals surface area contributed by atoms with Crippen molar-refractivity contribution in [2.24, 2.45) is 5.73 Å². The van der Waals surface area contributed by atoms with E-state index in [9.17, 15) is 4.79 Å². The number of thioether (sulfide) groups is 1. The average Bonchev–Trinajstić information content (AvgIpc) is 2.34. The fourth-order valence-corrected chi connectivity index (χ4v) is 2.50. The van der Waals surface area contributed by atoms with Crippen LogP contribution in [0.3, 0.4) is 0 Å². The predicted octanol–water partition coefficient (Wildman–Crippen LogP) is 1.25. The Labute approximate surface area is 106 Å². The highest BCUT2D eigenvalue weighted by Gasteiger charge is 2.14. The molecule has 1 aromatic carbocycles. The largest absolute Gasteiger partial charge is 0.496 e. The van der Waals surface area contributed by atoms with Crippen LogP contribution in [-0.2, 0) is 4.79 Å². The van der Waals surface area contributed by atoms with Gasteiger partial charge in [0.15, 0.2) is 0 Å². The Kier molecular flexibility index (Phi) is 5.86. The van der Waals surface area contributed by atoms with Crippen LogP contribution in [0.2, 0.25) is 0 Å². The van der Waals surface area contributed by atoms with E-state index in [1.54, 1.807) is 18.9 Å². The molecule has 0 aliphatic rings. The van der Waals surface area contributed by atoms with E-state index in [1.807, 2.05) is 31.2 Å². The molecule has 0 fully saturated rings. The molecule has 0 saturated heterocycles. The summed E-state index contributed by atoms with van der Waals surface area (Å²) in [7, 11) is 1.63. The Bertz CT molecular complexity index is 371. The van der Waals surface area contributed by atoms with Crippen LogP contribution < -0.4 is 15.8 Å². The van der Waals surface area contributed by atoms with Crippen LogP contribution in [0, 0.1) is 0 Å². The second-order valence-electron chi connectivity index (χ2n) is 3.47. The van der Waals surface area contributed by atoms with E-state index in [-0.39, 0.29) is 11.9 Å². The molecule has 3 N–H and O–H groups in total. The van der Waals surface area contributed by atoms with Crippen molar-refractivity contribution in [2.45, 2.75) is 17.9 Å². The topological polar surface area (TPSA) is 64.3 Å². The molecule has 0 radical (unpaired) electrons. The zero-order valence-corrected chi connectivity index (χ0v) is 10.9. The molecule has 0 aliphatic carbocycles. The number of likely N-dealkylation sites (N-methyl/N-ethyl adjacent to an activating group) is 1. The first-order valence-electron chi connectivity index (χ1n) is 5.47. The average molecular weight is 254 g/mol. The molecule has 1 amide bonds. The number of methoxy groups -OCH3 is 1. The number of carbonyl (C=O) groups excluding carboxylic acids is 1. The molecule has 0 spiro atoms. The Balaban J connectivity index is 2.61. The molecule has 94 valence electrons. The van der Waals surface area contributed by atoms with E-state index in [0.717, 1.165) is 17.2 Å². The number of ether oxygens (including phenoxy) is 1. The van der Waals surface area contributed by atoms with Gasteiger partial charge in [0.05, 0.1) is 13.2 Å². The minimum absolute atomic E-state index is 0.310. The molecular weight excluding hydrogens is 236 g/mol. The number of para-hydroxylation sites is 1. The first kappa shape index (κ1) is 13.9. The Morgan fingerprint density at radius 2 is 2.24 bits per heavy atom. The molecular formula is C12H18N2O2S. The second-order valence-corrected chi connectivity index (χ2v) is 4.54. The zero-order chi connectivity index (χ0) is 12.7. The number of hydrogen-bond donors (Lipinski definition) is 2. The Morgan fingerprint density at radius 3 is 2.82 bits per heavy atom. The molecule has 1 aromatic rings. The first-order valence-corrected chi connectivity index (χ1v) is 6.46. The highest BCUT2D eigenvalue weighted by molar-refractivity contribution is 7.99. The molecule has 5 heteroatoms. The van der Waals surface area contributed by atoms with Gasteiger partial charge >= 0.3 is 0 Å². The highest BCUT2D eigenvalue weighted by atomic mass is 32.2. The van der Waals surface area contributed by atoms with Gasteiger partial charge in [-0.05, 0) is 18.7 Å². The number of hydrogen-bond acceptors (Lipinski definition) is 4. The second kappa shape index (κ2) is 7.19. The molecule has 1 unspecified atom stereocenters. The number of rotatable bonds is 7. The summed E-state index contributed by atoms with van der Waals surface area (Å²) in [5.74, 6) is 1.09. The van der Waals surface area contributed by atoms with Crippen LogP contribution in [0.15, 0.2) is 29.2 Å². The van der Waals surface area contributed by atoms with Crippen LogP contribution in [0.4, 0.5) is 0 Å². The number of benzene rings is 1. The van der Waals surface area contributed by atoms with Crippen molar-refractivity contribution in [1.82, 2.24) is 5.32 Å². The van der Waals surface area contributed by atoms with E-state index in [1.165, 1.54) is 0 Å². The van der Waals surface area contributed by atoms with E-state index in [4.69, 9.17) is 10.5 Å². The summed E-state index contributed by atoms with van der Waals surface area (Å²) in [6.07, 6.45) is 0. The first-order chi connectivity index (χ1) is 8.19. The Hall–Kier alpha value is -1.20. The molecule has 0 aromatic heterocycles. The zero-order valence-electron chi connectivity index (χ0n) is 10.1. The lowest BCUT2D eigenvalue weighted by atomic mass is 10.3. The van der Waals surface area contributed by atoms with Crippen LogP contribution in [0.25, 0.3) is 0 Å². The minimum atomic E-state index is -0.325. The fraction of sp³-hybridized carbons (Fsp3) is 0.417. The van der Waals surface area contributed by atoms with Gasteiger partial charge in [0.25, 0.3) is 0 Å². The standard InChI is InChI=1S/C12H18N2O2S/c1-3-14-9(12(13)15)8-17-11-7-5-4-6-10(11)16-2/h4-7,9,14H,3,8H2,1-2H3,(H2,13,15). The summed E-state index contributed by atoms with van der Waals surface area (Å²) in [6.45, 7) is 2.67. The van der Waals surface area contributed by atoms with Gasteiger partial charge in [-0.25, -0.2) is 0 Å². The quantitative estimate of drug-likeness (QED) is 0.719. The number of carbonyl (C=O) groups is 1. The summed E-state index contributed by atoms with van der Waals surface area (Å²) in [5.41, 5.74) is 5.31. The van der Waals surface area contributed by atoms with E-state index in [2.05, 4.69) is 5.32 Å². The summed E-state index contributed by atoms with van der Waals surface area (Å²) in [6, 6.07) is 7.41. The van der Waals surface area contributed by atoms with Gasteiger partial charge in [-0.3, -0.25) is 4.79 Å². The van der Waals surface area contributed by atoms with Crippen LogP contribution in [0.1, 0.15) is 6.92 Å². The molecule has 0 heterocycles. The third-order valence-corrected chi connectivity index (χ3v) is 3.42. The molecule has 0 saturated carbocycles. The lowest BCUT2D eigenvalue weighted by molar-refractivity contribution is -0.119.